The van der Waals surface area contributed by atoms with Gasteiger partial charge in [-0.2, -0.15) is 31.4 Å². The molecule has 0 aliphatic carbocycles. The molecule has 0 aliphatic heterocycles. The third-order valence-corrected chi connectivity index (χ3v) is 1.80. The van der Waals surface area contributed by atoms with Gasteiger partial charge >= 0.3 is 12.4 Å². The molecule has 0 saturated heterocycles. The molecule has 0 spiro atoms. The number of ether oxygens (including phenoxy) is 1. The molecule has 1 aromatic rings. The van der Waals surface area contributed by atoms with E-state index in [0.717, 1.165) is 12.3 Å². The fraction of sp³-hybridized carbons (Fsp3) is 0.375. The van der Waals surface area contributed by atoms with Crippen LogP contribution in [0.5, 0.6) is 5.88 Å². The van der Waals surface area contributed by atoms with Gasteiger partial charge in [-0.05, 0) is 6.07 Å². The number of nitrogen functional groups attached to an aromatic ring is 1. The quantitative estimate of drug-likeness (QED) is 0.503. The molecule has 0 unspecified atom stereocenters. The predicted molar refractivity (Wildman–Crippen MR) is 49.6 cm³/mol. The Labute approximate surface area is 101 Å². The number of nitrogens with two attached hydrogens (primary N) is 1. The van der Waals surface area contributed by atoms with Crippen LogP contribution in [0.3, 0.4) is 0 Å². The van der Waals surface area contributed by atoms with Gasteiger partial charge in [0.25, 0.3) is 6.10 Å². The van der Waals surface area contributed by atoms with Gasteiger partial charge in [0.2, 0.25) is 5.88 Å². The van der Waals surface area contributed by atoms with Crippen LogP contribution < -0.4 is 10.5 Å². The van der Waals surface area contributed by atoms with E-state index in [-0.39, 0.29) is 0 Å². The molecule has 0 bridgehead atoms. The van der Waals surface area contributed by atoms with Gasteiger partial charge in [-0.3, -0.25) is 5.41 Å². The summed E-state index contributed by atoms with van der Waals surface area (Å²) in [6, 6.07) is 0.911. The van der Waals surface area contributed by atoms with E-state index in [1.54, 1.807) is 0 Å². The Morgan fingerprint density at radius 2 is 1.74 bits per heavy atom. The van der Waals surface area contributed by atoms with Crippen LogP contribution in [0.25, 0.3) is 0 Å². The Morgan fingerprint density at radius 3 is 2.16 bits per heavy atom. The van der Waals surface area contributed by atoms with E-state index in [0.29, 0.717) is 0 Å². The average molecular weight is 288 g/mol. The number of rotatable bonds is 3. The first-order valence-electron chi connectivity index (χ1n) is 4.49. The fourth-order valence-corrected chi connectivity index (χ4v) is 1.04. The first-order chi connectivity index (χ1) is 8.53. The lowest BCUT2D eigenvalue weighted by atomic mass is 10.2. The van der Waals surface area contributed by atoms with Crippen molar-refractivity contribution in [3.63, 3.8) is 0 Å². The van der Waals surface area contributed by atoms with Crippen molar-refractivity contribution in [3.05, 3.63) is 17.8 Å². The minimum absolute atomic E-state index is 0.520. The summed E-state index contributed by atoms with van der Waals surface area (Å²) in [4.78, 5) is 0. The number of nitrogens with one attached hydrogen (secondary N) is 1. The van der Waals surface area contributed by atoms with E-state index in [1.807, 2.05) is 0 Å². The maximum atomic E-state index is 12.3. The summed E-state index contributed by atoms with van der Waals surface area (Å²) in [6.45, 7) is 0. The van der Waals surface area contributed by atoms with Gasteiger partial charge in [0.15, 0.2) is 0 Å². The standard InChI is InChI=1S/C8H6F6N4O/c9-7(10,11)6(8(12,13)14)19-5-3(4(15)16)1-2-17-18-5/h1-2,6H,(H3,15,16). The number of amidine groups is 1. The summed E-state index contributed by atoms with van der Waals surface area (Å²) in [5, 5.41) is 13.1. The van der Waals surface area contributed by atoms with Crippen molar-refractivity contribution < 1.29 is 31.1 Å². The molecule has 19 heavy (non-hydrogen) atoms. The molecule has 0 amide bonds. The third kappa shape index (κ3) is 3.69. The van der Waals surface area contributed by atoms with Crippen LogP contribution in [0.15, 0.2) is 12.3 Å². The van der Waals surface area contributed by atoms with E-state index in [9.17, 15) is 26.3 Å². The summed E-state index contributed by atoms with van der Waals surface area (Å²) in [5.41, 5.74) is 4.46. The Hall–Kier alpha value is -2.07. The molecule has 0 aliphatic rings. The monoisotopic (exact) mass is 288 g/mol. The van der Waals surface area contributed by atoms with Crippen LogP contribution in [-0.2, 0) is 0 Å². The Kier molecular flexibility index (Phi) is 3.86. The van der Waals surface area contributed by atoms with Gasteiger partial charge in [-0.15, -0.1) is 5.10 Å². The molecule has 0 radical (unpaired) electrons. The maximum Gasteiger partial charge on any atom is 0.434 e. The van der Waals surface area contributed by atoms with Crippen molar-refractivity contribution in [2.75, 3.05) is 0 Å². The van der Waals surface area contributed by atoms with Crippen molar-refractivity contribution in [2.45, 2.75) is 18.5 Å². The number of alkyl halides is 6. The van der Waals surface area contributed by atoms with Crippen LogP contribution in [0.4, 0.5) is 26.3 Å². The molecule has 1 heterocycles. The third-order valence-electron chi connectivity index (χ3n) is 1.80. The van der Waals surface area contributed by atoms with Crippen LogP contribution in [0.2, 0.25) is 0 Å². The Morgan fingerprint density at radius 1 is 1.21 bits per heavy atom. The second-order valence-corrected chi connectivity index (χ2v) is 3.24. The van der Waals surface area contributed by atoms with Gasteiger partial charge in [0, 0.05) is 0 Å². The molecule has 106 valence electrons. The molecule has 11 heteroatoms. The zero-order valence-electron chi connectivity index (χ0n) is 8.88. The minimum atomic E-state index is -5.69. The lowest BCUT2D eigenvalue weighted by molar-refractivity contribution is -0.300. The van der Waals surface area contributed by atoms with Gasteiger partial charge in [-0.25, -0.2) is 0 Å². The molecule has 0 aromatic carbocycles. The summed E-state index contributed by atoms with van der Waals surface area (Å²) < 4.78 is 77.3. The van der Waals surface area contributed by atoms with Crippen LogP contribution in [0, 0.1) is 5.41 Å². The molecular weight excluding hydrogens is 282 g/mol. The average Bonchev–Trinajstić information content (AvgIpc) is 2.23. The van der Waals surface area contributed by atoms with Crippen molar-refractivity contribution in [1.82, 2.24) is 10.2 Å². The van der Waals surface area contributed by atoms with Gasteiger partial charge in [0.1, 0.15) is 5.84 Å². The molecule has 1 aromatic heterocycles. The molecule has 0 atom stereocenters. The summed E-state index contributed by atoms with van der Waals surface area (Å²) in [7, 11) is 0. The summed E-state index contributed by atoms with van der Waals surface area (Å²) in [6.07, 6.45) is -14.5. The van der Waals surface area contributed by atoms with E-state index in [4.69, 9.17) is 11.1 Å². The number of aromatic nitrogens is 2. The molecule has 1 rings (SSSR count). The Bertz CT molecular complexity index is 457. The van der Waals surface area contributed by atoms with Crippen LogP contribution in [-0.4, -0.2) is 34.5 Å². The highest BCUT2D eigenvalue weighted by molar-refractivity contribution is 5.96. The first kappa shape index (κ1) is 15.0. The second-order valence-electron chi connectivity index (χ2n) is 3.24. The lowest BCUT2D eigenvalue weighted by Gasteiger charge is -2.23. The highest BCUT2D eigenvalue weighted by Gasteiger charge is 2.59. The minimum Gasteiger partial charge on any atom is -0.453 e. The first-order valence-corrected chi connectivity index (χ1v) is 4.49. The summed E-state index contributed by atoms with van der Waals surface area (Å²) >= 11 is 0. The van der Waals surface area contributed by atoms with Crippen molar-refractivity contribution in [2.24, 2.45) is 5.73 Å². The summed E-state index contributed by atoms with van der Waals surface area (Å²) in [5.74, 6) is -1.91. The molecule has 5 nitrogen and oxygen atoms in total. The predicted octanol–water partition coefficient (Wildman–Crippen LogP) is 1.63. The van der Waals surface area contributed by atoms with E-state index >= 15 is 0 Å². The van der Waals surface area contributed by atoms with Crippen molar-refractivity contribution in [1.29, 1.82) is 5.41 Å². The highest BCUT2D eigenvalue weighted by Crippen LogP contribution is 2.36. The smallest absolute Gasteiger partial charge is 0.434 e. The van der Waals surface area contributed by atoms with Crippen LogP contribution in [0.1, 0.15) is 5.56 Å². The maximum absolute atomic E-state index is 12.3. The number of hydrogen-bond acceptors (Lipinski definition) is 4. The lowest BCUT2D eigenvalue weighted by Crippen LogP contribution is -2.47. The second kappa shape index (κ2) is 4.90. The van der Waals surface area contributed by atoms with Crippen LogP contribution >= 0.6 is 0 Å². The zero-order chi connectivity index (χ0) is 14.8. The normalized spacial score (nSPS) is 12.6. The molecular formula is C8H6F6N4O. The van der Waals surface area contributed by atoms with E-state index in [2.05, 4.69) is 14.9 Å². The van der Waals surface area contributed by atoms with Crippen molar-refractivity contribution in [3.8, 4) is 5.88 Å². The van der Waals surface area contributed by atoms with Gasteiger partial charge < -0.3 is 10.5 Å². The van der Waals surface area contributed by atoms with E-state index < -0.39 is 35.7 Å². The van der Waals surface area contributed by atoms with Crippen molar-refractivity contribution >= 4 is 5.84 Å². The highest BCUT2D eigenvalue weighted by atomic mass is 19.4. The molecule has 3 N–H and O–H groups in total. The Balaban J connectivity index is 3.15. The SMILES string of the molecule is N=C(N)c1ccnnc1OC(C(F)(F)F)C(F)(F)F. The van der Waals surface area contributed by atoms with Gasteiger partial charge in [0.05, 0.1) is 11.8 Å². The topological polar surface area (TPSA) is 84.9 Å². The molecule has 0 fully saturated rings. The zero-order valence-corrected chi connectivity index (χ0v) is 8.88. The molecule has 0 saturated carbocycles. The van der Waals surface area contributed by atoms with Gasteiger partial charge in [-0.1, -0.05) is 0 Å². The number of hydrogen-bond donors (Lipinski definition) is 2. The number of halogens is 6. The van der Waals surface area contributed by atoms with E-state index in [1.165, 1.54) is 0 Å². The fourth-order valence-electron chi connectivity index (χ4n) is 1.04. The number of nitrogens with zero attached hydrogens (tertiary/aromatic N) is 2. The largest absolute Gasteiger partial charge is 0.453 e.